The minimum atomic E-state index is -0.473. The van der Waals surface area contributed by atoms with Crippen LogP contribution in [0.3, 0.4) is 0 Å². The normalized spacial score (nSPS) is 14.9. The maximum Gasteiger partial charge on any atom is 0.262 e. The number of hydrogen-bond acceptors (Lipinski definition) is 4. The Bertz CT molecular complexity index is 1380. The van der Waals surface area contributed by atoms with Crippen molar-refractivity contribution in [3.05, 3.63) is 106 Å². The Labute approximate surface area is 206 Å². The number of halogens is 1. The van der Waals surface area contributed by atoms with Crippen molar-refractivity contribution in [1.82, 2.24) is 15.1 Å². The molecule has 1 aliphatic rings. The number of aromatic nitrogens is 2. The summed E-state index contributed by atoms with van der Waals surface area (Å²) in [5.74, 6) is -1.06. The van der Waals surface area contributed by atoms with Crippen molar-refractivity contribution in [1.29, 1.82) is 0 Å². The van der Waals surface area contributed by atoms with Gasteiger partial charge in [0.15, 0.2) is 0 Å². The fourth-order valence-electron chi connectivity index (χ4n) is 4.47. The molecule has 2 aromatic carbocycles. The van der Waals surface area contributed by atoms with Gasteiger partial charge in [0.2, 0.25) is 0 Å². The van der Waals surface area contributed by atoms with Gasteiger partial charge in [-0.05, 0) is 61.6 Å². The van der Waals surface area contributed by atoms with Crippen molar-refractivity contribution >= 4 is 28.2 Å². The molecule has 8 heteroatoms. The van der Waals surface area contributed by atoms with E-state index in [9.17, 15) is 14.0 Å². The Kier molecular flexibility index (Phi) is 6.46. The highest BCUT2D eigenvalue weighted by atomic mass is 32.1. The standard InChI is InChI=1S/C27H25FN4O2S/c1-17-13-24(31-26(33)19-9-5-10-20(28)14-19)35-25(17)27(34)30-22-11-6-12-23-21(22)15-29-32(23)16-18-7-3-2-4-8-18/h2-5,7-10,13-15,22H,6,11-12,16H2,1H3,(H,30,34)(H,31,33). The number of nitrogens with one attached hydrogen (secondary N) is 2. The van der Waals surface area contributed by atoms with E-state index in [1.54, 1.807) is 12.1 Å². The van der Waals surface area contributed by atoms with E-state index in [1.165, 1.54) is 35.1 Å². The van der Waals surface area contributed by atoms with Gasteiger partial charge in [-0.3, -0.25) is 14.3 Å². The fourth-order valence-corrected chi connectivity index (χ4v) is 5.44. The second-order valence-electron chi connectivity index (χ2n) is 8.70. The third kappa shape index (κ3) is 5.02. The van der Waals surface area contributed by atoms with Crippen molar-refractivity contribution in [3.8, 4) is 0 Å². The molecular weight excluding hydrogens is 463 g/mol. The van der Waals surface area contributed by atoms with Crippen molar-refractivity contribution in [2.24, 2.45) is 0 Å². The van der Waals surface area contributed by atoms with Gasteiger partial charge in [0.1, 0.15) is 5.82 Å². The molecule has 0 radical (unpaired) electrons. The van der Waals surface area contributed by atoms with E-state index < -0.39 is 11.7 Å². The molecule has 178 valence electrons. The van der Waals surface area contributed by atoms with Crippen LogP contribution in [0.2, 0.25) is 0 Å². The van der Waals surface area contributed by atoms with Crippen LogP contribution in [-0.2, 0) is 13.0 Å². The molecule has 2 amide bonds. The van der Waals surface area contributed by atoms with Gasteiger partial charge in [-0.2, -0.15) is 5.10 Å². The van der Waals surface area contributed by atoms with Crippen LogP contribution in [0.4, 0.5) is 9.39 Å². The smallest absolute Gasteiger partial charge is 0.262 e. The largest absolute Gasteiger partial charge is 0.344 e. The van der Waals surface area contributed by atoms with E-state index in [0.717, 1.165) is 36.1 Å². The molecule has 1 unspecified atom stereocenters. The third-order valence-electron chi connectivity index (χ3n) is 6.19. The summed E-state index contributed by atoms with van der Waals surface area (Å²) in [6.45, 7) is 2.54. The monoisotopic (exact) mass is 488 g/mol. The average molecular weight is 489 g/mol. The lowest BCUT2D eigenvalue weighted by Gasteiger charge is -2.24. The van der Waals surface area contributed by atoms with Crippen molar-refractivity contribution in [3.63, 3.8) is 0 Å². The zero-order chi connectivity index (χ0) is 24.4. The van der Waals surface area contributed by atoms with E-state index in [4.69, 9.17) is 0 Å². The molecular formula is C27H25FN4O2S. The highest BCUT2D eigenvalue weighted by Gasteiger charge is 2.27. The quantitative estimate of drug-likeness (QED) is 0.376. The lowest BCUT2D eigenvalue weighted by Crippen LogP contribution is -2.31. The van der Waals surface area contributed by atoms with E-state index >= 15 is 0 Å². The summed E-state index contributed by atoms with van der Waals surface area (Å²) in [6, 6.07) is 17.4. The second kappa shape index (κ2) is 9.84. The molecule has 4 aromatic rings. The van der Waals surface area contributed by atoms with Crippen molar-refractivity contribution < 1.29 is 14.0 Å². The van der Waals surface area contributed by atoms with E-state index in [2.05, 4.69) is 27.9 Å². The van der Waals surface area contributed by atoms with Gasteiger partial charge in [-0.25, -0.2) is 4.39 Å². The third-order valence-corrected chi connectivity index (χ3v) is 7.34. The first-order chi connectivity index (χ1) is 17.0. The number of fused-ring (bicyclic) bond motifs is 1. The first kappa shape index (κ1) is 23.0. The van der Waals surface area contributed by atoms with Gasteiger partial charge in [-0.1, -0.05) is 36.4 Å². The highest BCUT2D eigenvalue weighted by molar-refractivity contribution is 7.18. The molecule has 0 spiro atoms. The number of thiophene rings is 1. The van der Waals surface area contributed by atoms with Crippen LogP contribution in [0.25, 0.3) is 0 Å². The highest BCUT2D eigenvalue weighted by Crippen LogP contribution is 2.32. The van der Waals surface area contributed by atoms with Crippen molar-refractivity contribution in [2.75, 3.05) is 5.32 Å². The van der Waals surface area contributed by atoms with Gasteiger partial charge < -0.3 is 10.6 Å². The van der Waals surface area contributed by atoms with E-state index in [1.807, 2.05) is 36.0 Å². The van der Waals surface area contributed by atoms with Crippen LogP contribution in [0.1, 0.15) is 61.3 Å². The Balaban J connectivity index is 1.29. The van der Waals surface area contributed by atoms with Crippen LogP contribution in [0.15, 0.2) is 66.9 Å². The molecule has 1 atom stereocenters. The van der Waals surface area contributed by atoms with Crippen LogP contribution in [0.5, 0.6) is 0 Å². The predicted molar refractivity (Wildman–Crippen MR) is 134 cm³/mol. The Hall–Kier alpha value is -3.78. The average Bonchev–Trinajstić information content (AvgIpc) is 3.43. The molecule has 0 saturated heterocycles. The first-order valence-corrected chi connectivity index (χ1v) is 12.4. The van der Waals surface area contributed by atoms with E-state index in [-0.39, 0.29) is 17.5 Å². The molecule has 2 N–H and O–H groups in total. The topological polar surface area (TPSA) is 76.0 Å². The molecule has 6 nitrogen and oxygen atoms in total. The predicted octanol–water partition coefficient (Wildman–Crippen LogP) is 5.50. The van der Waals surface area contributed by atoms with Gasteiger partial charge in [-0.15, -0.1) is 11.3 Å². The summed E-state index contributed by atoms with van der Waals surface area (Å²) in [6.07, 6.45) is 4.62. The Morgan fingerprint density at radius 2 is 1.94 bits per heavy atom. The molecule has 0 fully saturated rings. The number of nitrogens with zero attached hydrogens (tertiary/aromatic N) is 2. The first-order valence-electron chi connectivity index (χ1n) is 11.5. The molecule has 0 saturated carbocycles. The lowest BCUT2D eigenvalue weighted by molar-refractivity contribution is 0.0935. The summed E-state index contributed by atoms with van der Waals surface area (Å²) >= 11 is 1.21. The molecule has 5 rings (SSSR count). The Morgan fingerprint density at radius 1 is 1.11 bits per heavy atom. The summed E-state index contributed by atoms with van der Waals surface area (Å²) in [4.78, 5) is 26.2. The summed E-state index contributed by atoms with van der Waals surface area (Å²) in [5, 5.41) is 11.1. The van der Waals surface area contributed by atoms with Crippen LogP contribution in [-0.4, -0.2) is 21.6 Å². The van der Waals surface area contributed by atoms with Crippen molar-refractivity contribution in [2.45, 2.75) is 38.8 Å². The van der Waals surface area contributed by atoms with Crippen LogP contribution in [0, 0.1) is 12.7 Å². The number of hydrogen-bond donors (Lipinski definition) is 2. The Morgan fingerprint density at radius 3 is 2.74 bits per heavy atom. The number of aryl methyl sites for hydroxylation is 1. The number of anilines is 1. The molecule has 2 aromatic heterocycles. The minimum Gasteiger partial charge on any atom is -0.344 e. The van der Waals surface area contributed by atoms with Crippen LogP contribution >= 0.6 is 11.3 Å². The van der Waals surface area contributed by atoms with Crippen LogP contribution < -0.4 is 10.6 Å². The number of benzene rings is 2. The van der Waals surface area contributed by atoms with Gasteiger partial charge >= 0.3 is 0 Å². The fraction of sp³-hybridized carbons (Fsp3) is 0.222. The van der Waals surface area contributed by atoms with Gasteiger partial charge in [0.05, 0.1) is 28.7 Å². The number of amides is 2. The number of carbonyl (C=O) groups excluding carboxylic acids is 2. The van der Waals surface area contributed by atoms with E-state index in [0.29, 0.717) is 16.4 Å². The number of carbonyl (C=O) groups is 2. The number of rotatable bonds is 6. The summed E-state index contributed by atoms with van der Waals surface area (Å²) in [5.41, 5.74) is 4.42. The molecule has 0 aliphatic heterocycles. The SMILES string of the molecule is Cc1cc(NC(=O)c2cccc(F)c2)sc1C(=O)NC1CCCc2c1cnn2Cc1ccccc1. The summed E-state index contributed by atoms with van der Waals surface area (Å²) in [7, 11) is 0. The molecule has 35 heavy (non-hydrogen) atoms. The maximum absolute atomic E-state index is 13.4. The zero-order valence-corrected chi connectivity index (χ0v) is 20.1. The van der Waals surface area contributed by atoms with Gasteiger partial charge in [0.25, 0.3) is 11.8 Å². The molecule has 2 heterocycles. The zero-order valence-electron chi connectivity index (χ0n) is 19.3. The van der Waals surface area contributed by atoms with Gasteiger partial charge in [0, 0.05) is 16.8 Å². The molecule has 0 bridgehead atoms. The maximum atomic E-state index is 13.4. The minimum absolute atomic E-state index is 0.109. The molecule has 1 aliphatic carbocycles. The second-order valence-corrected chi connectivity index (χ2v) is 9.75. The summed E-state index contributed by atoms with van der Waals surface area (Å²) < 4.78 is 15.5. The lowest BCUT2D eigenvalue weighted by atomic mass is 9.92.